The molecular weight excluding hydrogens is 543 g/mol. The van der Waals surface area contributed by atoms with Gasteiger partial charge in [-0.05, 0) is 56.3 Å². The molecule has 3 N–H and O–H groups in total. The number of carbonyl (C=O) groups excluding carboxylic acids is 1. The van der Waals surface area contributed by atoms with Crippen molar-refractivity contribution in [3.63, 3.8) is 0 Å². The summed E-state index contributed by atoms with van der Waals surface area (Å²) in [6.07, 6.45) is -1.30. The van der Waals surface area contributed by atoms with Crippen molar-refractivity contribution < 1.29 is 18.0 Å². The maximum atomic E-state index is 14.0. The van der Waals surface area contributed by atoms with Gasteiger partial charge >= 0.3 is 6.18 Å². The Bertz CT molecular complexity index is 1690. The van der Waals surface area contributed by atoms with Crippen LogP contribution in [0.1, 0.15) is 45.1 Å². The molecule has 1 aliphatic heterocycles. The van der Waals surface area contributed by atoms with Gasteiger partial charge < -0.3 is 20.5 Å². The number of aryl methyl sites for hydroxylation is 2. The average molecular weight is 576 g/mol. The number of piperazine rings is 1. The lowest BCUT2D eigenvalue weighted by Gasteiger charge is -2.33. The van der Waals surface area contributed by atoms with Gasteiger partial charge in [0, 0.05) is 62.3 Å². The highest BCUT2D eigenvalue weighted by Gasteiger charge is 2.34. The molecule has 1 amide bonds. The summed E-state index contributed by atoms with van der Waals surface area (Å²) in [5.41, 5.74) is 8.71. The Kier molecular flexibility index (Phi) is 8.20. The van der Waals surface area contributed by atoms with E-state index >= 15 is 0 Å². The van der Waals surface area contributed by atoms with Crippen LogP contribution < -0.4 is 11.1 Å². The maximum absolute atomic E-state index is 14.0. The Morgan fingerprint density at radius 2 is 1.79 bits per heavy atom. The minimum atomic E-state index is -4.58. The van der Waals surface area contributed by atoms with Crippen LogP contribution in [0.3, 0.4) is 0 Å². The maximum Gasteiger partial charge on any atom is 0.416 e. The molecular formula is C31H32F3N7O. The molecule has 5 rings (SSSR count). The van der Waals surface area contributed by atoms with Gasteiger partial charge in [-0.25, -0.2) is 9.97 Å². The van der Waals surface area contributed by atoms with E-state index in [-0.39, 0.29) is 17.7 Å². The number of likely N-dealkylation sites (N-methyl/N-ethyl adjacent to an activating group) is 1. The Morgan fingerprint density at radius 3 is 2.50 bits per heavy atom. The quantitative estimate of drug-likeness (QED) is 0.334. The smallest absolute Gasteiger partial charge is 0.383 e. The van der Waals surface area contributed by atoms with Crippen LogP contribution in [0, 0.1) is 18.8 Å². The second-order valence-electron chi connectivity index (χ2n) is 10.5. The van der Waals surface area contributed by atoms with Crippen molar-refractivity contribution in [1.29, 1.82) is 0 Å². The van der Waals surface area contributed by atoms with Gasteiger partial charge in [0.1, 0.15) is 17.8 Å². The van der Waals surface area contributed by atoms with Gasteiger partial charge in [0.25, 0.3) is 5.91 Å². The van der Waals surface area contributed by atoms with Crippen molar-refractivity contribution in [3.05, 3.63) is 82.3 Å². The van der Waals surface area contributed by atoms with Crippen molar-refractivity contribution in [3.8, 4) is 11.8 Å². The van der Waals surface area contributed by atoms with Crippen LogP contribution >= 0.6 is 0 Å². The fourth-order valence-corrected chi connectivity index (χ4v) is 5.02. The molecule has 2 aromatic heterocycles. The Hall–Kier alpha value is -4.40. The highest BCUT2D eigenvalue weighted by atomic mass is 19.4. The van der Waals surface area contributed by atoms with Crippen molar-refractivity contribution in [2.75, 3.05) is 44.3 Å². The number of amides is 1. The third-order valence-corrected chi connectivity index (χ3v) is 7.52. The SMILES string of the molecule is CCn1cc(C#Cc2cc(NC(=O)c3ccc(CN4CCN(C)CC4)c(C(F)(F)F)c3)ccc2C)c2c(N)ncnc21. The summed E-state index contributed by atoms with van der Waals surface area (Å²) in [5, 5.41) is 3.40. The Balaban J connectivity index is 1.38. The second-order valence-corrected chi connectivity index (χ2v) is 10.5. The molecule has 0 spiro atoms. The molecule has 3 heterocycles. The summed E-state index contributed by atoms with van der Waals surface area (Å²) >= 11 is 0. The summed E-state index contributed by atoms with van der Waals surface area (Å²) in [6.45, 7) is 7.72. The number of benzene rings is 2. The van der Waals surface area contributed by atoms with E-state index in [1.807, 2.05) is 36.6 Å². The van der Waals surface area contributed by atoms with E-state index in [0.29, 0.717) is 53.3 Å². The third-order valence-electron chi connectivity index (χ3n) is 7.52. The molecule has 1 aliphatic rings. The standard InChI is InChI=1S/C31H32F3N7O/c1-4-41-18-24(27-28(35)36-19-37-29(27)41)9-6-21-15-25(10-5-20(21)2)38-30(42)22-7-8-23(26(16-22)31(32,33)34)17-40-13-11-39(3)12-14-40/h5,7-8,10,15-16,18-19H,4,11-14,17H2,1-3H3,(H,38,42)(H2,35,36,37). The molecule has 4 aromatic rings. The minimum Gasteiger partial charge on any atom is -0.383 e. The molecule has 42 heavy (non-hydrogen) atoms. The van der Waals surface area contributed by atoms with Gasteiger partial charge in [0.2, 0.25) is 0 Å². The molecule has 0 bridgehead atoms. The lowest BCUT2D eigenvalue weighted by Crippen LogP contribution is -2.44. The lowest BCUT2D eigenvalue weighted by atomic mass is 10.0. The molecule has 0 atom stereocenters. The number of halogens is 3. The molecule has 8 nitrogen and oxygen atoms in total. The normalized spacial score (nSPS) is 14.5. The predicted octanol–water partition coefficient (Wildman–Crippen LogP) is 4.76. The van der Waals surface area contributed by atoms with Crippen LogP contribution in [0.15, 0.2) is 48.9 Å². The van der Waals surface area contributed by atoms with Gasteiger partial charge in [0.15, 0.2) is 0 Å². The average Bonchev–Trinajstić information content (AvgIpc) is 3.33. The molecule has 11 heteroatoms. The highest BCUT2D eigenvalue weighted by Crippen LogP contribution is 2.34. The van der Waals surface area contributed by atoms with Crippen molar-refractivity contribution in [2.45, 2.75) is 33.1 Å². The zero-order chi connectivity index (χ0) is 30.0. The molecule has 0 unspecified atom stereocenters. The molecule has 0 radical (unpaired) electrons. The zero-order valence-corrected chi connectivity index (χ0v) is 23.7. The van der Waals surface area contributed by atoms with Gasteiger partial charge in [0.05, 0.1) is 16.5 Å². The molecule has 218 valence electrons. The number of hydrogen-bond donors (Lipinski definition) is 2. The van der Waals surface area contributed by atoms with Gasteiger partial charge in [-0.1, -0.05) is 24.0 Å². The van der Waals surface area contributed by atoms with Crippen LogP contribution in [0.4, 0.5) is 24.7 Å². The summed E-state index contributed by atoms with van der Waals surface area (Å²) in [6, 6.07) is 8.98. The van der Waals surface area contributed by atoms with Crippen LogP contribution in [0.25, 0.3) is 11.0 Å². The second kappa shape index (κ2) is 11.8. The number of nitrogens with one attached hydrogen (secondary N) is 1. The van der Waals surface area contributed by atoms with Gasteiger partial charge in [-0.15, -0.1) is 0 Å². The van der Waals surface area contributed by atoms with Crippen molar-refractivity contribution in [1.82, 2.24) is 24.3 Å². The molecule has 0 aliphatic carbocycles. The molecule has 1 fully saturated rings. The third kappa shape index (κ3) is 6.25. The fourth-order valence-electron chi connectivity index (χ4n) is 5.02. The molecule has 1 saturated heterocycles. The van der Waals surface area contributed by atoms with Crippen LogP contribution in [-0.4, -0.2) is 63.5 Å². The van der Waals surface area contributed by atoms with E-state index in [4.69, 9.17) is 5.73 Å². The Labute approximate surface area is 242 Å². The van der Waals surface area contributed by atoms with Gasteiger partial charge in [-0.3, -0.25) is 9.69 Å². The van der Waals surface area contributed by atoms with E-state index in [2.05, 4.69) is 32.0 Å². The number of aromatic nitrogens is 3. The van der Waals surface area contributed by atoms with Crippen LogP contribution in [-0.2, 0) is 19.3 Å². The monoisotopic (exact) mass is 575 g/mol. The van der Waals surface area contributed by atoms with Crippen LogP contribution in [0.2, 0.25) is 0 Å². The van der Waals surface area contributed by atoms with Crippen molar-refractivity contribution in [2.24, 2.45) is 0 Å². The molecule has 2 aromatic carbocycles. The summed E-state index contributed by atoms with van der Waals surface area (Å²) in [4.78, 5) is 25.6. The minimum absolute atomic E-state index is 0.0690. The van der Waals surface area contributed by atoms with E-state index in [9.17, 15) is 18.0 Å². The number of carbonyl (C=O) groups is 1. The number of hydrogen-bond acceptors (Lipinski definition) is 6. The number of alkyl halides is 3. The summed E-state index contributed by atoms with van der Waals surface area (Å²) in [5.74, 6) is 5.98. The van der Waals surface area contributed by atoms with E-state index in [0.717, 1.165) is 24.7 Å². The predicted molar refractivity (Wildman–Crippen MR) is 157 cm³/mol. The van der Waals surface area contributed by atoms with Gasteiger partial charge in [-0.2, -0.15) is 13.2 Å². The first-order valence-electron chi connectivity index (χ1n) is 13.7. The first kappa shape index (κ1) is 29.1. The number of nitrogen functional groups attached to an aromatic ring is 1. The van der Waals surface area contributed by atoms with E-state index in [1.165, 1.54) is 18.5 Å². The zero-order valence-electron chi connectivity index (χ0n) is 23.7. The number of anilines is 2. The first-order valence-corrected chi connectivity index (χ1v) is 13.7. The fraction of sp³-hybridized carbons (Fsp3) is 0.323. The van der Waals surface area contributed by atoms with Crippen LogP contribution in [0.5, 0.6) is 0 Å². The number of rotatable bonds is 5. The Morgan fingerprint density at radius 1 is 1.05 bits per heavy atom. The number of nitrogens with two attached hydrogens (primary N) is 1. The van der Waals surface area contributed by atoms with E-state index < -0.39 is 17.6 Å². The highest BCUT2D eigenvalue weighted by molar-refractivity contribution is 6.04. The number of nitrogens with zero attached hydrogens (tertiary/aromatic N) is 5. The largest absolute Gasteiger partial charge is 0.416 e. The topological polar surface area (TPSA) is 92.3 Å². The van der Waals surface area contributed by atoms with E-state index in [1.54, 1.807) is 18.2 Å². The first-order chi connectivity index (χ1) is 20.0. The lowest BCUT2D eigenvalue weighted by molar-refractivity contribution is -0.138. The summed E-state index contributed by atoms with van der Waals surface area (Å²) < 4.78 is 44.0. The molecule has 0 saturated carbocycles. The number of fused-ring (bicyclic) bond motifs is 1. The summed E-state index contributed by atoms with van der Waals surface area (Å²) in [7, 11) is 1.99. The van der Waals surface area contributed by atoms with Crippen molar-refractivity contribution >= 4 is 28.4 Å².